The highest BCUT2D eigenvalue weighted by Crippen LogP contribution is 2.32. The fourth-order valence-corrected chi connectivity index (χ4v) is 3.37. The summed E-state index contributed by atoms with van der Waals surface area (Å²) in [6, 6.07) is 1.89. The number of halogens is 3. The van der Waals surface area contributed by atoms with Gasteiger partial charge in [0.15, 0.2) is 0 Å². The van der Waals surface area contributed by atoms with E-state index in [9.17, 15) is 12.8 Å². The molecule has 8 heteroatoms. The molecule has 0 unspecified atom stereocenters. The molecule has 0 saturated heterocycles. The number of rotatable bonds is 4. The molecule has 0 aromatic heterocycles. The van der Waals surface area contributed by atoms with Crippen LogP contribution in [0.25, 0.3) is 0 Å². The zero-order chi connectivity index (χ0) is 13.2. The SMILES string of the molecule is CC(C)NS(=O)(=O)Nc1c(Cl)cc(F)cc1Br. The third-order valence-electron chi connectivity index (χ3n) is 1.63. The van der Waals surface area contributed by atoms with E-state index in [0.717, 1.165) is 12.1 Å². The maximum atomic E-state index is 12.9. The molecule has 96 valence electrons. The van der Waals surface area contributed by atoms with Crippen LogP contribution in [0.1, 0.15) is 13.8 Å². The van der Waals surface area contributed by atoms with Crippen molar-refractivity contribution in [3.63, 3.8) is 0 Å². The number of benzene rings is 1. The smallest absolute Gasteiger partial charge is 0.268 e. The van der Waals surface area contributed by atoms with Crippen LogP contribution in [0.15, 0.2) is 16.6 Å². The molecule has 0 heterocycles. The van der Waals surface area contributed by atoms with Crippen LogP contribution >= 0.6 is 27.5 Å². The fourth-order valence-electron chi connectivity index (χ4n) is 1.11. The third kappa shape index (κ3) is 4.42. The highest BCUT2D eigenvalue weighted by molar-refractivity contribution is 9.10. The summed E-state index contributed by atoms with van der Waals surface area (Å²) in [4.78, 5) is 0. The predicted molar refractivity (Wildman–Crippen MR) is 69.9 cm³/mol. The van der Waals surface area contributed by atoms with Gasteiger partial charge >= 0.3 is 0 Å². The normalized spacial score (nSPS) is 11.9. The van der Waals surface area contributed by atoms with E-state index in [1.807, 2.05) is 0 Å². The van der Waals surface area contributed by atoms with Gasteiger partial charge in [0.25, 0.3) is 10.2 Å². The summed E-state index contributed by atoms with van der Waals surface area (Å²) in [5.74, 6) is -0.554. The number of nitrogens with one attached hydrogen (secondary N) is 2. The molecule has 4 nitrogen and oxygen atoms in total. The predicted octanol–water partition coefficient (Wildman–Crippen LogP) is 2.90. The Labute approximate surface area is 113 Å². The number of anilines is 1. The van der Waals surface area contributed by atoms with Gasteiger partial charge in [-0.1, -0.05) is 11.6 Å². The minimum atomic E-state index is -3.73. The molecule has 0 spiro atoms. The average molecular weight is 346 g/mol. The Kier molecular flexibility index (Phi) is 4.77. The molecule has 0 radical (unpaired) electrons. The van der Waals surface area contributed by atoms with E-state index in [-0.39, 0.29) is 21.2 Å². The van der Waals surface area contributed by atoms with Crippen LogP contribution in [0.3, 0.4) is 0 Å². The molecule has 0 aliphatic carbocycles. The summed E-state index contributed by atoms with van der Waals surface area (Å²) in [6.07, 6.45) is 0. The van der Waals surface area contributed by atoms with Gasteiger partial charge in [-0.3, -0.25) is 4.72 Å². The minimum Gasteiger partial charge on any atom is -0.268 e. The summed E-state index contributed by atoms with van der Waals surface area (Å²) in [5.41, 5.74) is 0.0983. The van der Waals surface area contributed by atoms with Gasteiger partial charge in [0, 0.05) is 10.5 Å². The Morgan fingerprint density at radius 1 is 1.41 bits per heavy atom. The molecule has 17 heavy (non-hydrogen) atoms. The molecule has 0 amide bonds. The molecule has 0 fully saturated rings. The highest BCUT2D eigenvalue weighted by atomic mass is 79.9. The van der Waals surface area contributed by atoms with Crippen LogP contribution in [0.5, 0.6) is 0 Å². The lowest BCUT2D eigenvalue weighted by atomic mass is 10.3. The van der Waals surface area contributed by atoms with Crippen molar-refractivity contribution in [3.05, 3.63) is 27.4 Å². The maximum absolute atomic E-state index is 12.9. The van der Waals surface area contributed by atoms with Gasteiger partial charge in [0.1, 0.15) is 5.82 Å². The topological polar surface area (TPSA) is 58.2 Å². The summed E-state index contributed by atoms with van der Waals surface area (Å²) in [7, 11) is -3.73. The first-order valence-electron chi connectivity index (χ1n) is 4.66. The lowest BCUT2D eigenvalue weighted by Crippen LogP contribution is -2.35. The van der Waals surface area contributed by atoms with Crippen LogP contribution in [-0.4, -0.2) is 14.5 Å². The quantitative estimate of drug-likeness (QED) is 0.881. The Hall–Kier alpha value is -0.370. The molecule has 1 rings (SSSR count). The van der Waals surface area contributed by atoms with Gasteiger partial charge in [-0.05, 0) is 41.9 Å². The van der Waals surface area contributed by atoms with E-state index in [1.54, 1.807) is 13.8 Å². The summed E-state index contributed by atoms with van der Waals surface area (Å²) in [5, 5.41) is -0.0222. The average Bonchev–Trinajstić information content (AvgIpc) is 2.09. The van der Waals surface area contributed by atoms with Crippen LogP contribution < -0.4 is 9.44 Å². The van der Waals surface area contributed by atoms with Crippen molar-refractivity contribution in [2.75, 3.05) is 4.72 Å². The van der Waals surface area contributed by atoms with Gasteiger partial charge in [0.2, 0.25) is 0 Å². The molecule has 1 aromatic carbocycles. The van der Waals surface area contributed by atoms with Crippen molar-refractivity contribution < 1.29 is 12.8 Å². The molecule has 0 saturated carbocycles. The second-order valence-corrected chi connectivity index (χ2v) is 6.33. The van der Waals surface area contributed by atoms with E-state index < -0.39 is 16.0 Å². The second kappa shape index (κ2) is 5.51. The van der Waals surface area contributed by atoms with Gasteiger partial charge in [-0.2, -0.15) is 13.1 Å². The Morgan fingerprint density at radius 3 is 2.47 bits per heavy atom. The van der Waals surface area contributed by atoms with E-state index in [4.69, 9.17) is 11.6 Å². The zero-order valence-corrected chi connectivity index (χ0v) is 12.2. The van der Waals surface area contributed by atoms with Crippen molar-refractivity contribution in [1.82, 2.24) is 4.72 Å². The van der Waals surface area contributed by atoms with Crippen molar-refractivity contribution in [1.29, 1.82) is 0 Å². The molecule has 0 aliphatic rings. The maximum Gasteiger partial charge on any atom is 0.299 e. The molecule has 0 aliphatic heterocycles. The standard InChI is InChI=1S/C9H11BrClFN2O2S/c1-5(2)13-17(15,16)14-9-7(10)3-6(12)4-8(9)11/h3-5,13-14H,1-2H3. The van der Waals surface area contributed by atoms with Crippen molar-refractivity contribution in [3.8, 4) is 0 Å². The van der Waals surface area contributed by atoms with Crippen molar-refractivity contribution in [2.24, 2.45) is 0 Å². The monoisotopic (exact) mass is 344 g/mol. The summed E-state index contributed by atoms with van der Waals surface area (Å²) >= 11 is 8.79. The first-order chi connectivity index (χ1) is 7.71. The Balaban J connectivity index is 3.04. The van der Waals surface area contributed by atoms with Gasteiger partial charge in [0.05, 0.1) is 10.7 Å². The molecular weight excluding hydrogens is 335 g/mol. The zero-order valence-electron chi connectivity index (χ0n) is 9.09. The molecule has 0 atom stereocenters. The lowest BCUT2D eigenvalue weighted by Gasteiger charge is -2.14. The largest absolute Gasteiger partial charge is 0.299 e. The summed E-state index contributed by atoms with van der Waals surface area (Å²) < 4.78 is 40.9. The van der Waals surface area contributed by atoms with Crippen molar-refractivity contribution >= 4 is 43.4 Å². The van der Waals surface area contributed by atoms with E-state index in [0.29, 0.717) is 0 Å². The van der Waals surface area contributed by atoms with Gasteiger partial charge in [-0.15, -0.1) is 0 Å². The van der Waals surface area contributed by atoms with Crippen LogP contribution in [-0.2, 0) is 10.2 Å². The molecule has 2 N–H and O–H groups in total. The van der Waals surface area contributed by atoms with Crippen molar-refractivity contribution in [2.45, 2.75) is 19.9 Å². The van der Waals surface area contributed by atoms with Gasteiger partial charge < -0.3 is 0 Å². The number of hydrogen-bond donors (Lipinski definition) is 2. The fraction of sp³-hybridized carbons (Fsp3) is 0.333. The Morgan fingerprint density at radius 2 is 2.00 bits per heavy atom. The summed E-state index contributed by atoms with van der Waals surface area (Å²) in [6.45, 7) is 3.36. The van der Waals surface area contributed by atoms with E-state index in [1.165, 1.54) is 0 Å². The minimum absolute atomic E-state index is 0.0222. The number of hydrogen-bond acceptors (Lipinski definition) is 2. The molecule has 0 bridgehead atoms. The van der Waals surface area contributed by atoms with Crippen LogP contribution in [0, 0.1) is 5.82 Å². The van der Waals surface area contributed by atoms with Gasteiger partial charge in [-0.25, -0.2) is 4.39 Å². The Bertz CT molecular complexity index is 499. The molecule has 1 aromatic rings. The first kappa shape index (κ1) is 14.7. The third-order valence-corrected chi connectivity index (χ3v) is 3.81. The van der Waals surface area contributed by atoms with E-state index >= 15 is 0 Å². The highest BCUT2D eigenvalue weighted by Gasteiger charge is 2.16. The van der Waals surface area contributed by atoms with Crippen LogP contribution in [0.2, 0.25) is 5.02 Å². The molecular formula is C9H11BrClFN2O2S. The first-order valence-corrected chi connectivity index (χ1v) is 7.31. The lowest BCUT2D eigenvalue weighted by molar-refractivity contribution is 0.575. The van der Waals surface area contributed by atoms with Crippen LogP contribution in [0.4, 0.5) is 10.1 Å². The van der Waals surface area contributed by atoms with E-state index in [2.05, 4.69) is 25.4 Å². The second-order valence-electron chi connectivity index (χ2n) is 3.62.